The fraction of sp³-hybridized carbons (Fsp3) is 0.364. The Balaban J connectivity index is 1.42. The number of carbonyl (C=O) groups is 1. The summed E-state index contributed by atoms with van der Waals surface area (Å²) in [6.45, 7) is 4.19. The number of likely N-dealkylation sites (tertiary alicyclic amines) is 1. The zero-order valence-corrected chi connectivity index (χ0v) is 18.4. The van der Waals surface area contributed by atoms with Crippen molar-refractivity contribution in [1.29, 1.82) is 0 Å². The predicted molar refractivity (Wildman–Crippen MR) is 119 cm³/mol. The highest BCUT2D eigenvalue weighted by atomic mass is 35.5. The number of amides is 1. The molecule has 5 rings (SSSR count). The van der Waals surface area contributed by atoms with Gasteiger partial charge in [0.25, 0.3) is 5.91 Å². The van der Waals surface area contributed by atoms with Crippen molar-refractivity contribution < 1.29 is 4.79 Å². The molecule has 3 aliphatic heterocycles. The van der Waals surface area contributed by atoms with E-state index in [-0.39, 0.29) is 11.7 Å². The first-order chi connectivity index (χ1) is 14.0. The Morgan fingerprint density at radius 1 is 1.24 bits per heavy atom. The molecular formula is C22H24ClN4OP. The molecular weight excluding hydrogens is 403 g/mol. The number of piperidine rings is 1. The van der Waals surface area contributed by atoms with Crippen molar-refractivity contribution in [3.8, 4) is 0 Å². The van der Waals surface area contributed by atoms with Crippen LogP contribution in [-0.2, 0) is 4.79 Å². The molecule has 1 fully saturated rings. The molecule has 2 aromatic rings. The molecule has 1 amide bonds. The minimum absolute atomic E-state index is 0.0524. The van der Waals surface area contributed by atoms with E-state index in [0.29, 0.717) is 19.5 Å². The van der Waals surface area contributed by atoms with Crippen LogP contribution in [0.15, 0.2) is 48.5 Å². The van der Waals surface area contributed by atoms with Gasteiger partial charge >= 0.3 is 0 Å². The number of aromatic nitrogens is 2. The molecule has 0 N–H and O–H groups in total. The third-order valence-corrected chi connectivity index (χ3v) is 7.80. The maximum Gasteiger partial charge on any atom is 0.252 e. The molecule has 0 radical (unpaired) electrons. The van der Waals surface area contributed by atoms with Crippen LogP contribution in [-0.4, -0.2) is 51.0 Å². The summed E-state index contributed by atoms with van der Waals surface area (Å²) in [4.78, 5) is 21.7. The topological polar surface area (TPSA) is 40.9 Å². The SMILES string of the molecule is Cc1cn2cc(C3=CC(=O)N4C=C(C5CCN(C)CC5)C=CC4P3)cc(Cl)c2n1. The van der Waals surface area contributed by atoms with E-state index in [9.17, 15) is 4.79 Å². The first-order valence-electron chi connectivity index (χ1n) is 10.0. The minimum Gasteiger partial charge on any atom is -0.306 e. The lowest BCUT2D eigenvalue weighted by Gasteiger charge is -2.37. The number of pyridine rings is 1. The number of fused-ring (bicyclic) bond motifs is 2. The maximum atomic E-state index is 13.0. The van der Waals surface area contributed by atoms with Gasteiger partial charge in [0.15, 0.2) is 5.65 Å². The summed E-state index contributed by atoms with van der Waals surface area (Å²) in [5, 5.41) is 1.66. The summed E-state index contributed by atoms with van der Waals surface area (Å²) < 4.78 is 1.95. The van der Waals surface area contributed by atoms with Gasteiger partial charge in [-0.25, -0.2) is 4.98 Å². The molecule has 2 atom stereocenters. The second-order valence-electron chi connectivity index (χ2n) is 8.15. The number of hydrogen-bond donors (Lipinski definition) is 0. The molecule has 0 saturated carbocycles. The van der Waals surface area contributed by atoms with Crippen LogP contribution in [0.4, 0.5) is 0 Å². The van der Waals surface area contributed by atoms with Crippen LogP contribution in [0.25, 0.3) is 11.0 Å². The van der Waals surface area contributed by atoms with E-state index in [1.54, 1.807) is 6.08 Å². The number of halogens is 1. The summed E-state index contributed by atoms with van der Waals surface area (Å²) >= 11 is 6.45. The van der Waals surface area contributed by atoms with E-state index in [0.717, 1.165) is 48.1 Å². The van der Waals surface area contributed by atoms with E-state index < -0.39 is 0 Å². The molecule has 5 heterocycles. The van der Waals surface area contributed by atoms with Gasteiger partial charge in [0.2, 0.25) is 0 Å². The van der Waals surface area contributed by atoms with Crippen molar-refractivity contribution >= 4 is 37.1 Å². The third-order valence-electron chi connectivity index (χ3n) is 6.01. The van der Waals surface area contributed by atoms with Gasteiger partial charge in [-0.1, -0.05) is 32.3 Å². The van der Waals surface area contributed by atoms with Crippen LogP contribution >= 0.6 is 20.2 Å². The van der Waals surface area contributed by atoms with Crippen LogP contribution in [0.5, 0.6) is 0 Å². The Labute approximate surface area is 177 Å². The molecule has 0 bridgehead atoms. The Bertz CT molecular complexity index is 1080. The Morgan fingerprint density at radius 2 is 2.03 bits per heavy atom. The van der Waals surface area contributed by atoms with Gasteiger partial charge in [0.1, 0.15) is 0 Å². The molecule has 2 aromatic heterocycles. The van der Waals surface area contributed by atoms with Crippen molar-refractivity contribution in [1.82, 2.24) is 19.2 Å². The Morgan fingerprint density at radius 3 is 2.83 bits per heavy atom. The second kappa shape index (κ2) is 7.39. The number of aryl methyl sites for hydroxylation is 1. The standard InChI is InChI=1S/C22H24ClN4OP/c1-14-11-26-12-17(9-18(23)22(26)24-14)19-10-20(28)27-13-16(3-4-21(27)29-19)15-5-7-25(2)8-6-15/h3-4,9-13,15,21,29H,5-8H2,1-2H3. The predicted octanol–water partition coefficient (Wildman–Crippen LogP) is 4.28. The monoisotopic (exact) mass is 426 g/mol. The lowest BCUT2D eigenvalue weighted by Crippen LogP contribution is -2.37. The van der Waals surface area contributed by atoms with E-state index >= 15 is 0 Å². The number of imidazole rings is 1. The van der Waals surface area contributed by atoms with Crippen LogP contribution in [0, 0.1) is 12.8 Å². The number of rotatable bonds is 2. The van der Waals surface area contributed by atoms with Gasteiger partial charge in [-0.05, 0) is 62.8 Å². The average Bonchev–Trinajstić information content (AvgIpc) is 3.09. The van der Waals surface area contributed by atoms with Gasteiger partial charge in [-0.2, -0.15) is 0 Å². The Hall–Kier alpha value is -1.94. The number of nitrogens with zero attached hydrogens (tertiary/aromatic N) is 4. The lowest BCUT2D eigenvalue weighted by molar-refractivity contribution is -0.123. The molecule has 0 spiro atoms. The summed E-state index contributed by atoms with van der Waals surface area (Å²) in [5.41, 5.74) is 3.96. The summed E-state index contributed by atoms with van der Waals surface area (Å²) in [7, 11) is 2.66. The molecule has 0 aliphatic carbocycles. The van der Waals surface area contributed by atoms with Crippen LogP contribution < -0.4 is 0 Å². The van der Waals surface area contributed by atoms with E-state index in [4.69, 9.17) is 11.6 Å². The molecule has 5 nitrogen and oxygen atoms in total. The fourth-order valence-corrected chi connectivity index (χ4v) is 5.99. The summed E-state index contributed by atoms with van der Waals surface area (Å²) in [6, 6.07) is 1.93. The molecule has 7 heteroatoms. The van der Waals surface area contributed by atoms with E-state index in [1.807, 2.05) is 34.7 Å². The zero-order chi connectivity index (χ0) is 20.1. The van der Waals surface area contributed by atoms with Gasteiger partial charge in [0, 0.05) is 30.2 Å². The molecule has 150 valence electrons. The van der Waals surface area contributed by atoms with Gasteiger partial charge in [-0.15, -0.1) is 0 Å². The minimum atomic E-state index is 0.0524. The molecule has 2 unspecified atom stereocenters. The Kier molecular flexibility index (Phi) is 4.85. The first-order valence-corrected chi connectivity index (χ1v) is 11.5. The van der Waals surface area contributed by atoms with Crippen molar-refractivity contribution in [2.75, 3.05) is 20.1 Å². The highest BCUT2D eigenvalue weighted by molar-refractivity contribution is 7.51. The van der Waals surface area contributed by atoms with Crippen molar-refractivity contribution in [2.45, 2.75) is 25.5 Å². The molecule has 29 heavy (non-hydrogen) atoms. The fourth-order valence-electron chi connectivity index (χ4n) is 4.37. The van der Waals surface area contributed by atoms with Crippen LogP contribution in [0.3, 0.4) is 0 Å². The van der Waals surface area contributed by atoms with E-state index in [1.165, 1.54) is 5.57 Å². The normalized spacial score (nSPS) is 24.2. The van der Waals surface area contributed by atoms with Gasteiger partial charge in [0.05, 0.1) is 16.5 Å². The lowest BCUT2D eigenvalue weighted by atomic mass is 9.88. The number of carbonyl (C=O) groups excluding carboxylic acids is 1. The van der Waals surface area contributed by atoms with Gasteiger partial charge in [-0.3, -0.25) is 4.79 Å². The summed E-state index contributed by atoms with van der Waals surface area (Å²) in [6.07, 6.45) is 14.6. The largest absolute Gasteiger partial charge is 0.306 e. The molecule has 0 aromatic carbocycles. The average molecular weight is 427 g/mol. The first kappa shape index (κ1) is 19.0. The van der Waals surface area contributed by atoms with Crippen LogP contribution in [0.2, 0.25) is 5.02 Å². The quantitative estimate of drug-likeness (QED) is 0.673. The van der Waals surface area contributed by atoms with Crippen molar-refractivity contribution in [2.24, 2.45) is 5.92 Å². The smallest absolute Gasteiger partial charge is 0.252 e. The third kappa shape index (κ3) is 3.56. The highest BCUT2D eigenvalue weighted by Gasteiger charge is 2.31. The van der Waals surface area contributed by atoms with E-state index in [2.05, 4.69) is 35.3 Å². The highest BCUT2D eigenvalue weighted by Crippen LogP contribution is 2.45. The number of allylic oxidation sites excluding steroid dienone is 2. The van der Waals surface area contributed by atoms with Crippen molar-refractivity contribution in [3.63, 3.8) is 0 Å². The van der Waals surface area contributed by atoms with Crippen molar-refractivity contribution in [3.05, 3.63) is 64.7 Å². The van der Waals surface area contributed by atoms with Gasteiger partial charge < -0.3 is 14.2 Å². The molecule has 1 saturated heterocycles. The van der Waals surface area contributed by atoms with Crippen LogP contribution in [0.1, 0.15) is 24.1 Å². The number of hydrogen-bond acceptors (Lipinski definition) is 3. The second-order valence-corrected chi connectivity index (χ2v) is 9.97. The summed E-state index contributed by atoms with van der Waals surface area (Å²) in [5.74, 6) is 0.698. The molecule has 3 aliphatic rings. The zero-order valence-electron chi connectivity index (χ0n) is 16.6. The maximum absolute atomic E-state index is 13.0.